The molecule has 18 heavy (non-hydrogen) atoms. The van der Waals surface area contributed by atoms with Crippen molar-refractivity contribution >= 4 is 23.0 Å². The highest BCUT2D eigenvalue weighted by Crippen LogP contribution is 2.10. The molecule has 1 aliphatic heterocycles. The Kier molecular flexibility index (Phi) is 4.09. The summed E-state index contributed by atoms with van der Waals surface area (Å²) < 4.78 is 16.4. The first-order chi connectivity index (χ1) is 8.65. The number of hydrogen-bond acceptors (Lipinski definition) is 4. The SMILES string of the molecule is O=C1CCC(C(=O)OS(=O)Cc2ccccc2)N1. The quantitative estimate of drug-likeness (QED) is 0.870. The summed E-state index contributed by atoms with van der Waals surface area (Å²) in [6.45, 7) is 0. The fraction of sp³-hybridized carbons (Fsp3) is 0.333. The van der Waals surface area contributed by atoms with Crippen molar-refractivity contribution in [3.8, 4) is 0 Å². The molecule has 0 aromatic heterocycles. The first-order valence-electron chi connectivity index (χ1n) is 5.59. The van der Waals surface area contributed by atoms with E-state index in [2.05, 4.69) is 5.32 Å². The Morgan fingerprint density at radius 2 is 2.11 bits per heavy atom. The van der Waals surface area contributed by atoms with Gasteiger partial charge in [-0.2, -0.15) is 0 Å². The van der Waals surface area contributed by atoms with Gasteiger partial charge in [0.2, 0.25) is 17.0 Å². The van der Waals surface area contributed by atoms with Crippen LogP contribution in [0.4, 0.5) is 0 Å². The molecule has 5 nitrogen and oxygen atoms in total. The second-order valence-electron chi connectivity index (χ2n) is 3.99. The second kappa shape index (κ2) is 5.77. The summed E-state index contributed by atoms with van der Waals surface area (Å²) in [6.07, 6.45) is 0.714. The van der Waals surface area contributed by atoms with Gasteiger partial charge in [-0.25, -0.2) is 9.00 Å². The third kappa shape index (κ3) is 3.40. The van der Waals surface area contributed by atoms with E-state index in [1.807, 2.05) is 30.3 Å². The fourth-order valence-corrected chi connectivity index (χ4v) is 2.50. The third-order valence-electron chi connectivity index (χ3n) is 2.58. The number of hydrogen-bond donors (Lipinski definition) is 1. The van der Waals surface area contributed by atoms with Crippen molar-refractivity contribution in [2.45, 2.75) is 24.6 Å². The zero-order valence-corrected chi connectivity index (χ0v) is 10.4. The standard InChI is InChI=1S/C12H13NO4S/c14-11-7-6-10(13-11)12(15)17-18(16)8-9-4-2-1-3-5-9/h1-5,10H,6-8H2,(H,13,14). The highest BCUT2D eigenvalue weighted by atomic mass is 32.2. The maximum absolute atomic E-state index is 11.6. The molecule has 1 aromatic carbocycles. The normalized spacial score (nSPS) is 20.2. The number of benzene rings is 1. The van der Waals surface area contributed by atoms with Crippen LogP contribution in [0, 0.1) is 0 Å². The molecule has 1 aliphatic rings. The lowest BCUT2D eigenvalue weighted by Gasteiger charge is -2.08. The van der Waals surface area contributed by atoms with Crippen molar-refractivity contribution in [2.75, 3.05) is 0 Å². The first kappa shape index (κ1) is 12.8. The van der Waals surface area contributed by atoms with Crippen LogP contribution in [0.15, 0.2) is 30.3 Å². The summed E-state index contributed by atoms with van der Waals surface area (Å²) in [5, 5.41) is 2.47. The molecular formula is C12H13NO4S. The van der Waals surface area contributed by atoms with E-state index in [0.717, 1.165) is 5.56 Å². The second-order valence-corrected chi connectivity index (χ2v) is 5.06. The van der Waals surface area contributed by atoms with E-state index in [9.17, 15) is 13.8 Å². The van der Waals surface area contributed by atoms with Crippen molar-refractivity contribution in [1.82, 2.24) is 5.32 Å². The van der Waals surface area contributed by atoms with Crippen molar-refractivity contribution in [2.24, 2.45) is 0 Å². The molecule has 0 spiro atoms. The van der Waals surface area contributed by atoms with Crippen LogP contribution in [-0.2, 0) is 30.6 Å². The van der Waals surface area contributed by atoms with Crippen LogP contribution in [0.1, 0.15) is 18.4 Å². The lowest BCUT2D eigenvalue weighted by molar-refractivity contribution is -0.136. The molecular weight excluding hydrogens is 254 g/mol. The smallest absolute Gasteiger partial charge is 0.342 e. The molecule has 2 rings (SSSR count). The number of nitrogens with one attached hydrogen (secondary N) is 1. The van der Waals surface area contributed by atoms with Gasteiger partial charge in [-0.1, -0.05) is 30.3 Å². The van der Waals surface area contributed by atoms with Crippen molar-refractivity contribution in [1.29, 1.82) is 0 Å². The number of rotatable bonds is 4. The molecule has 0 radical (unpaired) electrons. The van der Waals surface area contributed by atoms with Gasteiger partial charge in [-0.3, -0.25) is 4.79 Å². The van der Waals surface area contributed by atoms with Gasteiger partial charge in [-0.15, -0.1) is 0 Å². The van der Waals surface area contributed by atoms with Gasteiger partial charge >= 0.3 is 5.97 Å². The van der Waals surface area contributed by atoms with E-state index in [1.165, 1.54) is 0 Å². The molecule has 1 aromatic rings. The average Bonchev–Trinajstić information content (AvgIpc) is 2.77. The molecule has 1 N–H and O–H groups in total. The van der Waals surface area contributed by atoms with Crippen LogP contribution in [0.2, 0.25) is 0 Å². The van der Waals surface area contributed by atoms with Crippen molar-refractivity contribution < 1.29 is 18.0 Å². The van der Waals surface area contributed by atoms with Crippen LogP contribution in [-0.4, -0.2) is 22.1 Å². The minimum Gasteiger partial charge on any atom is -0.362 e. The Balaban J connectivity index is 1.84. The lowest BCUT2D eigenvalue weighted by atomic mass is 10.2. The molecule has 0 bridgehead atoms. The zero-order valence-electron chi connectivity index (χ0n) is 9.63. The summed E-state index contributed by atoms with van der Waals surface area (Å²) >= 11 is -1.71. The topological polar surface area (TPSA) is 72.5 Å². The van der Waals surface area contributed by atoms with Crippen molar-refractivity contribution in [3.05, 3.63) is 35.9 Å². The van der Waals surface area contributed by atoms with Gasteiger partial charge < -0.3 is 9.50 Å². The van der Waals surface area contributed by atoms with E-state index in [1.54, 1.807) is 0 Å². The van der Waals surface area contributed by atoms with Crippen LogP contribution < -0.4 is 5.32 Å². The molecule has 1 saturated heterocycles. The molecule has 0 saturated carbocycles. The van der Waals surface area contributed by atoms with Crippen LogP contribution in [0.5, 0.6) is 0 Å². The number of amides is 1. The van der Waals surface area contributed by atoms with E-state index < -0.39 is 23.1 Å². The largest absolute Gasteiger partial charge is 0.362 e. The molecule has 6 heteroatoms. The maximum Gasteiger partial charge on any atom is 0.342 e. The highest BCUT2D eigenvalue weighted by molar-refractivity contribution is 7.79. The molecule has 2 atom stereocenters. The van der Waals surface area contributed by atoms with Gasteiger partial charge in [0.25, 0.3) is 0 Å². The minimum atomic E-state index is -1.71. The van der Waals surface area contributed by atoms with Gasteiger partial charge in [0.1, 0.15) is 6.04 Å². The summed E-state index contributed by atoms with van der Waals surface area (Å²) in [7, 11) is 0. The Morgan fingerprint density at radius 1 is 1.39 bits per heavy atom. The monoisotopic (exact) mass is 267 g/mol. The molecule has 1 heterocycles. The van der Waals surface area contributed by atoms with E-state index in [4.69, 9.17) is 4.18 Å². The summed E-state index contributed by atoms with van der Waals surface area (Å²) in [4.78, 5) is 22.5. The molecule has 96 valence electrons. The maximum atomic E-state index is 11.6. The van der Waals surface area contributed by atoms with E-state index in [-0.39, 0.29) is 11.7 Å². The Hall–Kier alpha value is -1.69. The van der Waals surface area contributed by atoms with Gasteiger partial charge in [0, 0.05) is 6.42 Å². The highest BCUT2D eigenvalue weighted by Gasteiger charge is 2.29. The minimum absolute atomic E-state index is 0.160. The zero-order chi connectivity index (χ0) is 13.0. The third-order valence-corrected chi connectivity index (χ3v) is 3.50. The summed E-state index contributed by atoms with van der Waals surface area (Å²) in [5.41, 5.74) is 0.832. The predicted octanol–water partition coefficient (Wildman–Crippen LogP) is 0.672. The first-order valence-corrected chi connectivity index (χ1v) is 6.83. The Bertz CT molecular complexity index is 474. The number of carbonyl (C=O) groups is 2. The van der Waals surface area contributed by atoms with E-state index >= 15 is 0 Å². The van der Waals surface area contributed by atoms with Gasteiger partial charge in [-0.05, 0) is 12.0 Å². The van der Waals surface area contributed by atoms with Gasteiger partial charge in [0.05, 0.1) is 5.75 Å². The molecule has 1 amide bonds. The molecule has 2 unspecified atom stereocenters. The number of carbonyl (C=O) groups excluding carboxylic acids is 2. The summed E-state index contributed by atoms with van der Waals surface area (Å²) in [6, 6.07) is 8.47. The average molecular weight is 267 g/mol. The Morgan fingerprint density at radius 3 is 2.72 bits per heavy atom. The molecule has 1 fully saturated rings. The van der Waals surface area contributed by atoms with Gasteiger partial charge in [0.15, 0.2) is 0 Å². The fourth-order valence-electron chi connectivity index (χ4n) is 1.68. The predicted molar refractivity (Wildman–Crippen MR) is 65.5 cm³/mol. The van der Waals surface area contributed by atoms with Crippen LogP contribution in [0.3, 0.4) is 0 Å². The van der Waals surface area contributed by atoms with E-state index in [0.29, 0.717) is 12.8 Å². The summed E-state index contributed by atoms with van der Waals surface area (Å²) in [5.74, 6) is -0.645. The van der Waals surface area contributed by atoms with Crippen LogP contribution in [0.25, 0.3) is 0 Å². The Labute approximate surface area is 107 Å². The lowest BCUT2D eigenvalue weighted by Crippen LogP contribution is -2.34. The van der Waals surface area contributed by atoms with Crippen molar-refractivity contribution in [3.63, 3.8) is 0 Å². The van der Waals surface area contributed by atoms with Crippen LogP contribution >= 0.6 is 0 Å². The molecule has 0 aliphatic carbocycles.